The van der Waals surface area contributed by atoms with Crippen LogP contribution in [0, 0.1) is 0 Å². The first kappa shape index (κ1) is 56.2. The van der Waals surface area contributed by atoms with Crippen LogP contribution in [0.25, 0.3) is 187 Å². The predicted octanol–water partition coefficient (Wildman–Crippen LogP) is 22.9. The highest BCUT2D eigenvalue weighted by Gasteiger charge is 2.21. The van der Waals surface area contributed by atoms with E-state index in [1.165, 1.54) is 76.2 Å². The molecule has 0 radical (unpaired) electrons. The lowest BCUT2D eigenvalue weighted by atomic mass is 10.0. The highest BCUT2D eigenvalue weighted by atomic mass is 32.1. The molecule has 22 rings (SSSR count). The topological polar surface area (TPSA) is 80.1 Å². The molecule has 100 heavy (non-hydrogen) atoms. The molecule has 0 fully saturated rings. The van der Waals surface area contributed by atoms with Crippen molar-refractivity contribution in [3.63, 3.8) is 0 Å². The first-order chi connectivity index (χ1) is 49.6. The van der Waals surface area contributed by atoms with E-state index in [9.17, 15) is 0 Å². The number of thiazole rings is 2. The van der Waals surface area contributed by atoms with E-state index in [0.717, 1.165) is 111 Å². The zero-order chi connectivity index (χ0) is 65.5. The lowest BCUT2D eigenvalue weighted by Gasteiger charge is -2.12. The number of para-hydroxylation sites is 6. The molecule has 0 amide bonds. The van der Waals surface area contributed by atoms with Crippen LogP contribution in [0.2, 0.25) is 0 Å². The molecule has 0 unspecified atom stereocenters. The van der Waals surface area contributed by atoms with E-state index in [4.69, 9.17) is 19.9 Å². The Balaban J connectivity index is 0.000000131. The third-order valence-electron chi connectivity index (χ3n) is 20.0. The van der Waals surface area contributed by atoms with Gasteiger partial charge < -0.3 is 13.7 Å². The van der Waals surface area contributed by atoms with Crippen LogP contribution in [-0.2, 0) is 0 Å². The molecule has 12 heteroatoms. The van der Waals surface area contributed by atoms with E-state index in [2.05, 4.69) is 347 Å². The summed E-state index contributed by atoms with van der Waals surface area (Å²) in [5.41, 5.74) is 25.7. The van der Waals surface area contributed by atoms with Gasteiger partial charge in [-0.3, -0.25) is 18.4 Å². The van der Waals surface area contributed by atoms with Crippen molar-refractivity contribution in [2.45, 2.75) is 0 Å². The molecule has 0 saturated carbocycles. The predicted molar refractivity (Wildman–Crippen MR) is 416 cm³/mol. The highest BCUT2D eigenvalue weighted by molar-refractivity contribution is 7.15. The molecule has 0 N–H and O–H groups in total. The van der Waals surface area contributed by atoms with E-state index in [1.807, 2.05) is 6.20 Å². The van der Waals surface area contributed by atoms with E-state index in [-0.39, 0.29) is 0 Å². The minimum absolute atomic E-state index is 0.893. The van der Waals surface area contributed by atoms with Gasteiger partial charge in [0.1, 0.15) is 5.82 Å². The van der Waals surface area contributed by atoms with Gasteiger partial charge in [0, 0.05) is 101 Å². The third kappa shape index (κ3) is 8.80. The van der Waals surface area contributed by atoms with Crippen LogP contribution in [-0.4, -0.2) is 47.0 Å². The molecule has 468 valence electrons. The summed E-state index contributed by atoms with van der Waals surface area (Å²) >= 11 is 3.31. The van der Waals surface area contributed by atoms with Gasteiger partial charge in [-0.1, -0.05) is 158 Å². The average molecular weight is 1320 g/mol. The van der Waals surface area contributed by atoms with Crippen LogP contribution in [0.15, 0.2) is 327 Å². The summed E-state index contributed by atoms with van der Waals surface area (Å²) < 4.78 is 13.8. The van der Waals surface area contributed by atoms with E-state index in [1.54, 1.807) is 22.7 Å². The molecule has 12 aromatic carbocycles. The summed E-state index contributed by atoms with van der Waals surface area (Å²) in [4.78, 5) is 21.6. The summed E-state index contributed by atoms with van der Waals surface area (Å²) in [6, 6.07) is 107. The van der Waals surface area contributed by atoms with Crippen molar-refractivity contribution in [3.05, 3.63) is 327 Å². The van der Waals surface area contributed by atoms with E-state index in [0.29, 0.717) is 0 Å². The molecule has 10 aromatic heterocycles. The number of fused-ring (bicyclic) bond motifs is 18. The minimum Gasteiger partial charge on any atom is -0.309 e. The van der Waals surface area contributed by atoms with E-state index >= 15 is 0 Å². The average Bonchev–Trinajstić information content (AvgIpc) is 1.58. The van der Waals surface area contributed by atoms with Crippen molar-refractivity contribution in [2.75, 3.05) is 0 Å². The second-order valence-corrected chi connectivity index (χ2v) is 27.3. The highest BCUT2D eigenvalue weighted by Crippen LogP contribution is 2.41. The fourth-order valence-electron chi connectivity index (χ4n) is 15.5. The second-order valence-electron chi connectivity index (χ2n) is 25.5. The Morgan fingerprint density at radius 3 is 1.19 bits per heavy atom. The maximum atomic E-state index is 5.30. The minimum atomic E-state index is 0.893. The number of hydrogen-bond donors (Lipinski definition) is 0. The smallest absolute Gasteiger partial charge is 0.194 e. The third-order valence-corrected chi connectivity index (χ3v) is 21.5. The van der Waals surface area contributed by atoms with Crippen LogP contribution in [0.5, 0.6) is 0 Å². The van der Waals surface area contributed by atoms with Gasteiger partial charge in [-0.15, -0.1) is 22.7 Å². The number of pyridine rings is 2. The van der Waals surface area contributed by atoms with Crippen LogP contribution < -0.4 is 0 Å². The number of imidazole rings is 2. The molecule has 0 aliphatic rings. The van der Waals surface area contributed by atoms with Gasteiger partial charge in [0.2, 0.25) is 0 Å². The molecule has 0 spiro atoms. The Bertz CT molecular complexity index is 6550. The van der Waals surface area contributed by atoms with Crippen LogP contribution >= 0.6 is 22.7 Å². The quantitative estimate of drug-likeness (QED) is 0.152. The zero-order valence-electron chi connectivity index (χ0n) is 53.5. The number of benzene rings is 12. The number of rotatable bonds is 8. The van der Waals surface area contributed by atoms with Gasteiger partial charge in [0.05, 0.1) is 77.6 Å². The summed E-state index contributed by atoms with van der Waals surface area (Å²) in [6.07, 6.45) is 6.08. The summed E-state index contributed by atoms with van der Waals surface area (Å²) in [5, 5.41) is 14.1. The Hall–Kier alpha value is -13.0. The molecule has 0 aliphatic carbocycles. The van der Waals surface area contributed by atoms with Crippen molar-refractivity contribution >= 4 is 142 Å². The maximum absolute atomic E-state index is 5.30. The lowest BCUT2D eigenvalue weighted by molar-refractivity contribution is 1.08. The summed E-state index contributed by atoms with van der Waals surface area (Å²) in [7, 11) is 0. The van der Waals surface area contributed by atoms with Crippen LogP contribution in [0.4, 0.5) is 0 Å². The van der Waals surface area contributed by atoms with Gasteiger partial charge >= 0.3 is 0 Å². The Labute approximate surface area is 579 Å². The Kier molecular flexibility index (Phi) is 12.5. The van der Waals surface area contributed by atoms with Crippen molar-refractivity contribution in [1.29, 1.82) is 0 Å². The van der Waals surface area contributed by atoms with Crippen LogP contribution in [0.1, 0.15) is 0 Å². The van der Waals surface area contributed by atoms with Gasteiger partial charge in [0.15, 0.2) is 9.92 Å². The summed E-state index contributed by atoms with van der Waals surface area (Å²) in [6.45, 7) is 0. The number of hydrogen-bond acceptors (Lipinski definition) is 6. The first-order valence-electron chi connectivity index (χ1n) is 33.5. The Morgan fingerprint density at radius 2 is 0.640 bits per heavy atom. The summed E-state index contributed by atoms with van der Waals surface area (Å²) in [5.74, 6) is 0.893. The number of nitrogens with zero attached hydrogens (tertiary/aromatic N) is 10. The van der Waals surface area contributed by atoms with Crippen molar-refractivity contribution < 1.29 is 0 Å². The molecular formula is C88H54N10S2. The number of aromatic nitrogens is 10. The molecule has 0 bridgehead atoms. The Morgan fingerprint density at radius 1 is 0.240 bits per heavy atom. The first-order valence-corrected chi connectivity index (χ1v) is 35.2. The normalized spacial score (nSPS) is 12.0. The largest absolute Gasteiger partial charge is 0.309 e. The van der Waals surface area contributed by atoms with Crippen molar-refractivity contribution in [2.24, 2.45) is 0 Å². The zero-order valence-corrected chi connectivity index (χ0v) is 55.1. The van der Waals surface area contributed by atoms with Crippen molar-refractivity contribution in [3.8, 4) is 67.6 Å². The SMILES string of the molecule is c1cc(-c2ccc3nc4sccn4c3c2)cc(-c2cccc(-n3c4ccccc4c4cc(-n5c6ccccc6c6ccccc65)ccc43)n2)c1.c1cc(-c2ccnc(-c3ccc4nc5sccn5c4c3)c2)cc(-n2c3ccccc3c3cc(-n4c5ccccc5c5ccccc54)ccc32)c1. The van der Waals surface area contributed by atoms with E-state index < -0.39 is 0 Å². The maximum Gasteiger partial charge on any atom is 0.194 e. The molecule has 22 aromatic rings. The molecule has 0 saturated heterocycles. The van der Waals surface area contributed by atoms with Crippen molar-refractivity contribution in [1.82, 2.24) is 47.0 Å². The van der Waals surface area contributed by atoms with Gasteiger partial charge in [0.25, 0.3) is 0 Å². The fraction of sp³-hybridized carbons (Fsp3) is 0. The van der Waals surface area contributed by atoms with Gasteiger partial charge in [-0.25, -0.2) is 15.0 Å². The lowest BCUT2D eigenvalue weighted by Crippen LogP contribution is -1.99. The fourth-order valence-corrected chi connectivity index (χ4v) is 17.0. The second kappa shape index (κ2) is 22.3. The van der Waals surface area contributed by atoms with Gasteiger partial charge in [-0.05, 0) is 162 Å². The molecule has 10 heterocycles. The molecule has 10 nitrogen and oxygen atoms in total. The molecule has 0 atom stereocenters. The van der Waals surface area contributed by atoms with Gasteiger partial charge in [-0.2, -0.15) is 0 Å². The standard InChI is InChI=1S/2C44H27N5S/c1-4-15-38-32(11-1)33-12-2-5-16-39(33)48(38)31-20-22-41-35(27-31)34-13-3-6-17-40(34)49(41)43-18-8-14-36(45-43)30-10-7-9-28(25-30)29-19-21-37-42(26-29)47-23-24-50-44(47)46-37;1-4-13-39-33(10-1)34-11-2-5-14-40(34)49(39)32-17-19-42-36(27-32)35-12-3-6-15-41(35)48(42)31-9-7-8-28(24-31)29-20-21-45-38(25-29)30-16-18-37-43(26-30)47-22-23-50-44(47)46-37/h2*1-27H. The molecule has 0 aliphatic heterocycles. The van der Waals surface area contributed by atoms with Crippen LogP contribution in [0.3, 0.4) is 0 Å². The molecular weight excluding hydrogens is 1260 g/mol. The monoisotopic (exact) mass is 1310 g/mol.